The topological polar surface area (TPSA) is 59.3 Å². The zero-order chi connectivity index (χ0) is 14.7. The van der Waals surface area contributed by atoms with E-state index in [0.29, 0.717) is 10.4 Å². The normalized spacial score (nSPS) is 10.2. The fourth-order valence-electron chi connectivity index (χ4n) is 2.03. The number of carbonyl (C=O) groups excluding carboxylic acids is 1. The van der Waals surface area contributed by atoms with Gasteiger partial charge in [-0.3, -0.25) is 4.79 Å². The lowest BCUT2D eigenvalue weighted by molar-refractivity contribution is -0.607. The molecule has 0 aliphatic heterocycles. The summed E-state index contributed by atoms with van der Waals surface area (Å²) in [5, 5.41) is 14.2. The number of carbonyl (C=O) groups is 1. The largest absolute Gasteiger partial charge is 0.618 e. The highest BCUT2D eigenvalue weighted by Gasteiger charge is 2.15. The van der Waals surface area contributed by atoms with Gasteiger partial charge in [-0.25, -0.2) is 0 Å². The van der Waals surface area contributed by atoms with Crippen LogP contribution in [0.25, 0.3) is 0 Å². The Hall–Kier alpha value is -2.56. The molecule has 104 valence electrons. The van der Waals surface area contributed by atoms with Crippen molar-refractivity contribution in [3.05, 3.63) is 59.1 Å². The van der Waals surface area contributed by atoms with E-state index in [4.69, 9.17) is 0 Å². The second kappa shape index (κ2) is 5.61. The molecule has 0 bridgehead atoms. The molecule has 0 aliphatic rings. The summed E-state index contributed by atoms with van der Waals surface area (Å²) in [4.78, 5) is 14.0. The maximum absolute atomic E-state index is 12.0. The van der Waals surface area contributed by atoms with E-state index < -0.39 is 5.91 Å². The highest BCUT2D eigenvalue weighted by atomic mass is 16.5. The molecule has 2 rings (SSSR count). The second-order valence-corrected chi connectivity index (χ2v) is 4.76. The fourth-order valence-corrected chi connectivity index (χ4v) is 2.03. The van der Waals surface area contributed by atoms with E-state index in [2.05, 4.69) is 5.32 Å². The number of aryl methyl sites for hydroxylation is 1. The van der Waals surface area contributed by atoms with Gasteiger partial charge in [-0.05, 0) is 36.8 Å². The van der Waals surface area contributed by atoms with Crippen molar-refractivity contribution in [2.45, 2.75) is 6.92 Å². The van der Waals surface area contributed by atoms with Crippen LogP contribution in [-0.2, 0) is 0 Å². The van der Waals surface area contributed by atoms with E-state index in [1.807, 2.05) is 44.1 Å². The highest BCUT2D eigenvalue weighted by Crippen LogP contribution is 2.21. The van der Waals surface area contributed by atoms with Crippen LogP contribution in [0.5, 0.6) is 0 Å². The summed E-state index contributed by atoms with van der Waals surface area (Å²) in [6.07, 6.45) is 1.30. The summed E-state index contributed by atoms with van der Waals surface area (Å²) in [5.41, 5.74) is 2.88. The third kappa shape index (κ3) is 2.88. The first-order chi connectivity index (χ1) is 9.49. The molecule has 0 atom stereocenters. The van der Waals surface area contributed by atoms with E-state index in [1.54, 1.807) is 12.1 Å². The van der Waals surface area contributed by atoms with Crippen LogP contribution in [0.3, 0.4) is 0 Å². The quantitative estimate of drug-likeness (QED) is 0.685. The van der Waals surface area contributed by atoms with Gasteiger partial charge in [0.1, 0.15) is 0 Å². The van der Waals surface area contributed by atoms with Gasteiger partial charge in [0, 0.05) is 37.6 Å². The number of aromatic nitrogens is 1. The van der Waals surface area contributed by atoms with Gasteiger partial charge in [0.25, 0.3) is 5.69 Å². The van der Waals surface area contributed by atoms with Crippen molar-refractivity contribution in [1.82, 2.24) is 0 Å². The van der Waals surface area contributed by atoms with Crippen LogP contribution in [0.2, 0.25) is 0 Å². The lowest BCUT2D eigenvalue weighted by Crippen LogP contribution is -2.36. The molecule has 0 unspecified atom stereocenters. The van der Waals surface area contributed by atoms with Crippen LogP contribution < -0.4 is 14.9 Å². The summed E-state index contributed by atoms with van der Waals surface area (Å²) in [6.45, 7) is 1.97. The molecular formula is C15H17N3O2. The van der Waals surface area contributed by atoms with Crippen molar-refractivity contribution in [3.8, 4) is 0 Å². The summed E-state index contributed by atoms with van der Waals surface area (Å²) < 4.78 is 0.552. The number of hydrogen-bond donors (Lipinski definition) is 1. The summed E-state index contributed by atoms with van der Waals surface area (Å²) in [5.74, 6) is -0.419. The van der Waals surface area contributed by atoms with Crippen LogP contribution in [-0.4, -0.2) is 20.0 Å². The first-order valence-electron chi connectivity index (χ1n) is 6.26. The molecule has 1 amide bonds. The third-order valence-corrected chi connectivity index (χ3v) is 2.99. The Morgan fingerprint density at radius 2 is 2.00 bits per heavy atom. The number of rotatable bonds is 3. The maximum Gasteiger partial charge on any atom is 0.321 e. The maximum atomic E-state index is 12.0. The molecule has 1 N–H and O–H groups in total. The van der Waals surface area contributed by atoms with Crippen LogP contribution >= 0.6 is 0 Å². The molecular weight excluding hydrogens is 254 g/mol. The summed E-state index contributed by atoms with van der Waals surface area (Å²) in [6, 6.07) is 10.4. The molecule has 5 nitrogen and oxygen atoms in total. The standard InChI is InChI=1S/C15H17N3O2/c1-11-10-12(7-8-13(11)17(2)3)16-15(19)14-6-4-5-9-18(14)20/h4-10H,1-3H3,(H,16,19). The lowest BCUT2D eigenvalue weighted by Gasteiger charge is -2.16. The number of nitrogens with zero attached hydrogens (tertiary/aromatic N) is 2. The molecule has 1 heterocycles. The molecule has 20 heavy (non-hydrogen) atoms. The minimum Gasteiger partial charge on any atom is -0.618 e. The Balaban J connectivity index is 2.21. The average molecular weight is 271 g/mol. The molecule has 0 radical (unpaired) electrons. The van der Waals surface area contributed by atoms with Crippen molar-refractivity contribution in [3.63, 3.8) is 0 Å². The molecule has 1 aromatic heterocycles. The molecule has 0 spiro atoms. The van der Waals surface area contributed by atoms with Gasteiger partial charge in [-0.1, -0.05) is 0 Å². The smallest absolute Gasteiger partial charge is 0.321 e. The van der Waals surface area contributed by atoms with Gasteiger partial charge >= 0.3 is 5.91 Å². The number of hydrogen-bond acceptors (Lipinski definition) is 3. The molecule has 0 fully saturated rings. The molecule has 5 heteroatoms. The molecule has 2 aromatic rings. The van der Waals surface area contributed by atoms with E-state index in [1.165, 1.54) is 12.3 Å². The van der Waals surface area contributed by atoms with Gasteiger partial charge in [0.05, 0.1) is 0 Å². The Morgan fingerprint density at radius 1 is 1.25 bits per heavy atom. The Labute approximate surface area is 118 Å². The van der Waals surface area contributed by atoms with E-state index >= 15 is 0 Å². The van der Waals surface area contributed by atoms with Gasteiger partial charge in [-0.2, -0.15) is 4.73 Å². The predicted octanol–water partition coefficient (Wildman–Crippen LogP) is 1.95. The lowest BCUT2D eigenvalue weighted by atomic mass is 10.1. The molecule has 0 saturated heterocycles. The minimum atomic E-state index is -0.419. The number of pyridine rings is 1. The molecule has 0 aliphatic carbocycles. The fraction of sp³-hybridized carbons (Fsp3) is 0.200. The number of amides is 1. The van der Waals surface area contributed by atoms with Gasteiger partial charge in [0.2, 0.25) is 0 Å². The average Bonchev–Trinajstić information content (AvgIpc) is 2.38. The second-order valence-electron chi connectivity index (χ2n) is 4.76. The first kappa shape index (κ1) is 13.9. The summed E-state index contributed by atoms with van der Waals surface area (Å²) in [7, 11) is 3.93. The van der Waals surface area contributed by atoms with E-state index in [-0.39, 0.29) is 5.69 Å². The van der Waals surface area contributed by atoms with Crippen LogP contribution in [0, 0.1) is 12.1 Å². The number of anilines is 2. The van der Waals surface area contributed by atoms with Crippen molar-refractivity contribution >= 4 is 17.3 Å². The van der Waals surface area contributed by atoms with Crippen molar-refractivity contribution < 1.29 is 9.52 Å². The van der Waals surface area contributed by atoms with Gasteiger partial charge in [0.15, 0.2) is 6.20 Å². The van der Waals surface area contributed by atoms with Crippen molar-refractivity contribution in [2.75, 3.05) is 24.3 Å². The zero-order valence-electron chi connectivity index (χ0n) is 11.8. The van der Waals surface area contributed by atoms with Gasteiger partial charge in [-0.15, -0.1) is 0 Å². The monoisotopic (exact) mass is 271 g/mol. The summed E-state index contributed by atoms with van der Waals surface area (Å²) >= 11 is 0. The Bertz CT molecular complexity index is 639. The SMILES string of the molecule is Cc1cc(NC(=O)c2cccc[n+]2[O-])ccc1N(C)C. The Kier molecular flexibility index (Phi) is 3.89. The van der Waals surface area contributed by atoms with Crippen LogP contribution in [0.1, 0.15) is 16.1 Å². The number of nitrogens with one attached hydrogen (secondary N) is 1. The minimum absolute atomic E-state index is 0.0711. The van der Waals surface area contributed by atoms with Crippen LogP contribution in [0.4, 0.5) is 11.4 Å². The zero-order valence-corrected chi connectivity index (χ0v) is 11.8. The first-order valence-corrected chi connectivity index (χ1v) is 6.26. The number of benzene rings is 1. The Morgan fingerprint density at radius 3 is 2.60 bits per heavy atom. The third-order valence-electron chi connectivity index (χ3n) is 2.99. The van der Waals surface area contributed by atoms with Crippen molar-refractivity contribution in [1.29, 1.82) is 0 Å². The molecule has 0 saturated carbocycles. The van der Waals surface area contributed by atoms with Crippen molar-refractivity contribution in [2.24, 2.45) is 0 Å². The molecule has 1 aromatic carbocycles. The highest BCUT2D eigenvalue weighted by molar-refractivity contribution is 6.02. The predicted molar refractivity (Wildman–Crippen MR) is 78.9 cm³/mol. The van der Waals surface area contributed by atoms with Gasteiger partial charge < -0.3 is 15.4 Å². The van der Waals surface area contributed by atoms with E-state index in [9.17, 15) is 10.0 Å². The van der Waals surface area contributed by atoms with E-state index in [0.717, 1.165) is 11.3 Å². The van der Waals surface area contributed by atoms with Crippen LogP contribution in [0.15, 0.2) is 42.6 Å².